The lowest BCUT2D eigenvalue weighted by molar-refractivity contribution is 0.320. The number of ether oxygens (including phenoxy) is 2. The first-order chi connectivity index (χ1) is 6.63. The summed E-state index contributed by atoms with van der Waals surface area (Å²) in [5.41, 5.74) is 0.983. The molecule has 0 radical (unpaired) electrons. The first kappa shape index (κ1) is 11.3. The van der Waals surface area contributed by atoms with E-state index in [1.54, 1.807) is 6.07 Å². The third kappa shape index (κ3) is 3.16. The largest absolute Gasteiger partial charge is 0.487 e. The number of aryl methyl sites for hydroxylation is 1. The van der Waals surface area contributed by atoms with Crippen molar-refractivity contribution in [3.63, 3.8) is 0 Å². The highest BCUT2D eigenvalue weighted by Crippen LogP contribution is 2.21. The summed E-state index contributed by atoms with van der Waals surface area (Å²) in [7, 11) is 1.53. The molecule has 0 aliphatic rings. The minimum atomic E-state index is 0.286. The molecule has 0 saturated heterocycles. The van der Waals surface area contributed by atoms with Crippen LogP contribution in [-0.2, 0) is 4.74 Å². The topological polar surface area (TPSA) is 18.5 Å². The molecule has 0 fully saturated rings. The fourth-order valence-electron chi connectivity index (χ4n) is 0.970. The van der Waals surface area contributed by atoms with Gasteiger partial charge in [0.1, 0.15) is 5.75 Å². The van der Waals surface area contributed by atoms with Crippen LogP contribution in [0.3, 0.4) is 0 Å². The molecule has 0 N–H and O–H groups in total. The van der Waals surface area contributed by atoms with Crippen molar-refractivity contribution in [2.24, 2.45) is 0 Å². The van der Waals surface area contributed by atoms with Crippen LogP contribution >= 0.6 is 23.8 Å². The first-order valence-electron chi connectivity index (χ1n) is 4.09. The standard InChI is InChI=1S/C10H11ClO2S/c1-7-5-8(11)3-4-9(7)13-6-10(14)12-2/h3-5H,6H2,1-2H3. The van der Waals surface area contributed by atoms with Gasteiger partial charge < -0.3 is 9.47 Å². The third-order valence-corrected chi connectivity index (χ3v) is 2.23. The van der Waals surface area contributed by atoms with Gasteiger partial charge in [0.25, 0.3) is 0 Å². The molecule has 4 heteroatoms. The van der Waals surface area contributed by atoms with Gasteiger partial charge >= 0.3 is 0 Å². The van der Waals surface area contributed by atoms with E-state index in [0.29, 0.717) is 10.1 Å². The smallest absolute Gasteiger partial charge is 0.197 e. The van der Waals surface area contributed by atoms with Gasteiger partial charge in [-0.2, -0.15) is 0 Å². The van der Waals surface area contributed by atoms with E-state index in [-0.39, 0.29) is 6.61 Å². The molecule has 2 nitrogen and oxygen atoms in total. The highest BCUT2D eigenvalue weighted by molar-refractivity contribution is 7.80. The summed E-state index contributed by atoms with van der Waals surface area (Å²) >= 11 is 10.7. The van der Waals surface area contributed by atoms with Crippen LogP contribution in [0.2, 0.25) is 5.02 Å². The highest BCUT2D eigenvalue weighted by atomic mass is 35.5. The Balaban J connectivity index is 2.63. The summed E-state index contributed by atoms with van der Waals surface area (Å²) < 4.78 is 10.2. The van der Waals surface area contributed by atoms with Crippen LogP contribution in [0.15, 0.2) is 18.2 Å². The fourth-order valence-corrected chi connectivity index (χ4v) is 1.26. The molecule has 0 atom stereocenters. The van der Waals surface area contributed by atoms with E-state index < -0.39 is 0 Å². The number of hydrogen-bond donors (Lipinski definition) is 0. The summed E-state index contributed by atoms with van der Waals surface area (Å²) in [5.74, 6) is 0.772. The molecule has 1 aromatic carbocycles. The molecule has 0 unspecified atom stereocenters. The van der Waals surface area contributed by atoms with Gasteiger partial charge in [-0.15, -0.1) is 0 Å². The van der Waals surface area contributed by atoms with E-state index in [1.165, 1.54) is 7.11 Å². The van der Waals surface area contributed by atoms with Gasteiger partial charge in [-0.1, -0.05) is 11.6 Å². The Morgan fingerprint density at radius 1 is 1.50 bits per heavy atom. The maximum atomic E-state index is 5.80. The van der Waals surface area contributed by atoms with Gasteiger partial charge in [-0.3, -0.25) is 0 Å². The van der Waals surface area contributed by atoms with Crippen LogP contribution in [-0.4, -0.2) is 18.8 Å². The molecular weight excluding hydrogens is 220 g/mol. The van der Waals surface area contributed by atoms with E-state index in [1.807, 2.05) is 19.1 Å². The van der Waals surface area contributed by atoms with Gasteiger partial charge in [-0.25, -0.2) is 0 Å². The molecule has 0 aliphatic heterocycles. The van der Waals surface area contributed by atoms with Crippen LogP contribution in [0.4, 0.5) is 0 Å². The van der Waals surface area contributed by atoms with Crippen LogP contribution < -0.4 is 4.74 Å². The number of halogens is 1. The molecule has 14 heavy (non-hydrogen) atoms. The minimum Gasteiger partial charge on any atom is -0.487 e. The lowest BCUT2D eigenvalue weighted by Gasteiger charge is -2.08. The van der Waals surface area contributed by atoms with Crippen molar-refractivity contribution in [3.8, 4) is 5.75 Å². The van der Waals surface area contributed by atoms with Crippen molar-refractivity contribution in [1.82, 2.24) is 0 Å². The van der Waals surface area contributed by atoms with Crippen molar-refractivity contribution in [2.45, 2.75) is 6.92 Å². The van der Waals surface area contributed by atoms with E-state index >= 15 is 0 Å². The van der Waals surface area contributed by atoms with E-state index in [4.69, 9.17) is 33.3 Å². The number of methoxy groups -OCH3 is 1. The molecule has 0 aromatic heterocycles. The van der Waals surface area contributed by atoms with Gasteiger partial charge in [0.15, 0.2) is 11.7 Å². The lowest BCUT2D eigenvalue weighted by atomic mass is 10.2. The minimum absolute atomic E-state index is 0.286. The fraction of sp³-hybridized carbons (Fsp3) is 0.300. The van der Waals surface area contributed by atoms with E-state index in [2.05, 4.69) is 0 Å². The van der Waals surface area contributed by atoms with Crippen LogP contribution in [0.25, 0.3) is 0 Å². The second-order valence-corrected chi connectivity index (χ2v) is 3.67. The lowest BCUT2D eigenvalue weighted by Crippen LogP contribution is -2.10. The van der Waals surface area contributed by atoms with Gasteiger partial charge in [0.2, 0.25) is 0 Å². The Labute approximate surface area is 93.8 Å². The quantitative estimate of drug-likeness (QED) is 0.744. The summed E-state index contributed by atoms with van der Waals surface area (Å²) in [4.78, 5) is 0. The molecule has 0 spiro atoms. The zero-order valence-corrected chi connectivity index (χ0v) is 9.61. The average molecular weight is 231 g/mol. The van der Waals surface area contributed by atoms with Crippen molar-refractivity contribution < 1.29 is 9.47 Å². The number of benzene rings is 1. The zero-order valence-electron chi connectivity index (χ0n) is 8.04. The molecule has 0 amide bonds. The second-order valence-electron chi connectivity index (χ2n) is 2.77. The van der Waals surface area contributed by atoms with Gasteiger partial charge in [0.05, 0.1) is 7.11 Å². The summed E-state index contributed by atoms with van der Waals surface area (Å²) in [6.07, 6.45) is 0. The molecule has 0 heterocycles. The SMILES string of the molecule is COC(=S)COc1ccc(Cl)cc1C. The number of rotatable bonds is 3. The van der Waals surface area contributed by atoms with Crippen LogP contribution in [0.5, 0.6) is 5.75 Å². The molecule has 1 aromatic rings. The molecule has 76 valence electrons. The predicted molar refractivity (Wildman–Crippen MR) is 61.3 cm³/mol. The van der Waals surface area contributed by atoms with E-state index in [9.17, 15) is 0 Å². The number of thiocarbonyl (C=S) groups is 1. The van der Waals surface area contributed by atoms with Crippen molar-refractivity contribution in [2.75, 3.05) is 13.7 Å². The molecular formula is C10H11ClO2S. The third-order valence-electron chi connectivity index (χ3n) is 1.71. The highest BCUT2D eigenvalue weighted by Gasteiger charge is 2.01. The van der Waals surface area contributed by atoms with Crippen LogP contribution in [0, 0.1) is 6.92 Å². The summed E-state index contributed by atoms with van der Waals surface area (Å²) in [6.45, 7) is 2.21. The molecule has 0 bridgehead atoms. The zero-order chi connectivity index (χ0) is 10.6. The normalized spacial score (nSPS) is 9.64. The van der Waals surface area contributed by atoms with Gasteiger partial charge in [0, 0.05) is 5.02 Å². The molecule has 0 saturated carbocycles. The Morgan fingerprint density at radius 3 is 2.79 bits per heavy atom. The van der Waals surface area contributed by atoms with Gasteiger partial charge in [-0.05, 0) is 42.9 Å². The maximum absolute atomic E-state index is 5.80. The summed E-state index contributed by atoms with van der Waals surface area (Å²) in [6, 6.07) is 5.43. The van der Waals surface area contributed by atoms with Crippen LogP contribution in [0.1, 0.15) is 5.56 Å². The molecule has 0 aliphatic carbocycles. The summed E-state index contributed by atoms with van der Waals surface area (Å²) in [5, 5.41) is 1.13. The van der Waals surface area contributed by atoms with Crippen molar-refractivity contribution in [3.05, 3.63) is 28.8 Å². The Morgan fingerprint density at radius 2 is 2.21 bits per heavy atom. The average Bonchev–Trinajstić information content (AvgIpc) is 2.16. The Kier molecular flexibility index (Phi) is 4.17. The Hall–Kier alpha value is -0.800. The Bertz CT molecular complexity index is 339. The van der Waals surface area contributed by atoms with E-state index in [0.717, 1.165) is 11.3 Å². The number of hydrogen-bond acceptors (Lipinski definition) is 3. The molecule has 1 rings (SSSR count). The predicted octanol–water partition coefficient (Wildman–Crippen LogP) is 3.00. The van der Waals surface area contributed by atoms with Crippen molar-refractivity contribution in [1.29, 1.82) is 0 Å². The maximum Gasteiger partial charge on any atom is 0.197 e. The second kappa shape index (κ2) is 5.17. The monoisotopic (exact) mass is 230 g/mol. The first-order valence-corrected chi connectivity index (χ1v) is 4.88. The van der Waals surface area contributed by atoms with Crippen molar-refractivity contribution >= 4 is 28.9 Å².